The van der Waals surface area contributed by atoms with Crippen molar-refractivity contribution < 1.29 is 14.0 Å². The molecule has 1 aliphatic heterocycles. The van der Waals surface area contributed by atoms with E-state index in [-0.39, 0.29) is 18.4 Å². The van der Waals surface area contributed by atoms with Gasteiger partial charge in [-0.1, -0.05) is 24.3 Å². The second-order valence-electron chi connectivity index (χ2n) is 8.28. The maximum absolute atomic E-state index is 13.3. The van der Waals surface area contributed by atoms with Crippen molar-refractivity contribution in [1.82, 2.24) is 15.2 Å². The highest BCUT2D eigenvalue weighted by atomic mass is 19.1. The average molecular weight is 462 g/mol. The highest BCUT2D eigenvalue weighted by molar-refractivity contribution is 6.39. The maximum Gasteiger partial charge on any atom is 0.313 e. The summed E-state index contributed by atoms with van der Waals surface area (Å²) < 4.78 is 13.3. The van der Waals surface area contributed by atoms with Crippen LogP contribution in [0, 0.1) is 12.7 Å². The van der Waals surface area contributed by atoms with Gasteiger partial charge in [-0.2, -0.15) is 0 Å². The van der Waals surface area contributed by atoms with Gasteiger partial charge in [0.05, 0.1) is 6.04 Å². The number of carbonyl (C=O) groups excluding carboxylic acids is 2. The number of hydrogen-bond donors (Lipinski definition) is 2. The normalized spacial score (nSPS) is 14.9. The van der Waals surface area contributed by atoms with E-state index < -0.39 is 11.8 Å². The molecule has 1 aromatic heterocycles. The van der Waals surface area contributed by atoms with E-state index in [1.807, 2.05) is 37.3 Å². The van der Waals surface area contributed by atoms with Gasteiger partial charge in [-0.05, 0) is 54.4 Å². The molecule has 0 aliphatic carbocycles. The summed E-state index contributed by atoms with van der Waals surface area (Å²) >= 11 is 0. The zero-order valence-corrected chi connectivity index (χ0v) is 19.1. The standard InChI is InChI=1S/C26H28FN5O2/c1-19-5-2-3-7-23(19)30-26(34)25(33)29-18-24(20-6-4-12-28-17-20)32-15-13-31(14-16-32)22-10-8-21(27)9-11-22/h2-12,17,24H,13-16,18H2,1H3,(H,29,33)(H,30,34)/t24-/m0/s1. The summed E-state index contributed by atoms with van der Waals surface area (Å²) in [5.41, 5.74) is 3.46. The number of aromatic nitrogens is 1. The largest absolute Gasteiger partial charge is 0.369 e. The van der Waals surface area contributed by atoms with Crippen LogP contribution in [0.25, 0.3) is 0 Å². The van der Waals surface area contributed by atoms with E-state index in [4.69, 9.17) is 0 Å². The number of rotatable bonds is 6. The Morgan fingerprint density at radius 3 is 2.38 bits per heavy atom. The van der Waals surface area contributed by atoms with E-state index >= 15 is 0 Å². The van der Waals surface area contributed by atoms with Crippen molar-refractivity contribution in [3.05, 3.63) is 90.0 Å². The molecule has 0 bridgehead atoms. The van der Waals surface area contributed by atoms with Gasteiger partial charge < -0.3 is 15.5 Å². The Morgan fingerprint density at radius 1 is 0.971 bits per heavy atom. The molecular weight excluding hydrogens is 433 g/mol. The fourth-order valence-electron chi connectivity index (χ4n) is 4.14. The summed E-state index contributed by atoms with van der Waals surface area (Å²) in [6.07, 6.45) is 3.50. The second-order valence-corrected chi connectivity index (χ2v) is 8.28. The van der Waals surface area contributed by atoms with Crippen LogP contribution in [0.1, 0.15) is 17.2 Å². The molecular formula is C26H28FN5O2. The number of carbonyl (C=O) groups is 2. The van der Waals surface area contributed by atoms with E-state index in [1.54, 1.807) is 30.6 Å². The van der Waals surface area contributed by atoms with Gasteiger partial charge >= 0.3 is 11.8 Å². The minimum atomic E-state index is -0.694. The first kappa shape index (κ1) is 23.4. The number of hydrogen-bond acceptors (Lipinski definition) is 5. The zero-order chi connectivity index (χ0) is 23.9. The van der Waals surface area contributed by atoms with Crippen molar-refractivity contribution in [2.24, 2.45) is 0 Å². The molecule has 1 atom stereocenters. The average Bonchev–Trinajstić information content (AvgIpc) is 2.87. The minimum Gasteiger partial charge on any atom is -0.369 e. The predicted octanol–water partition coefficient (Wildman–Crippen LogP) is 3.15. The Hall–Kier alpha value is -3.78. The van der Waals surface area contributed by atoms with E-state index in [0.717, 1.165) is 43.0 Å². The Balaban J connectivity index is 1.39. The van der Waals surface area contributed by atoms with Gasteiger partial charge in [-0.25, -0.2) is 4.39 Å². The topological polar surface area (TPSA) is 77.6 Å². The summed E-state index contributed by atoms with van der Waals surface area (Å²) in [6, 6.07) is 17.6. The van der Waals surface area contributed by atoms with Gasteiger partial charge in [0.1, 0.15) is 5.82 Å². The number of pyridine rings is 1. The first-order valence-electron chi connectivity index (χ1n) is 11.3. The summed E-state index contributed by atoms with van der Waals surface area (Å²) in [4.78, 5) is 33.7. The molecule has 34 heavy (non-hydrogen) atoms. The number of halogens is 1. The Kier molecular flexibility index (Phi) is 7.49. The van der Waals surface area contributed by atoms with Gasteiger partial charge in [0.25, 0.3) is 0 Å². The highest BCUT2D eigenvalue weighted by Gasteiger charge is 2.27. The molecule has 8 heteroatoms. The van der Waals surface area contributed by atoms with Crippen LogP contribution < -0.4 is 15.5 Å². The fraction of sp³-hybridized carbons (Fsp3) is 0.269. The Bertz CT molecular complexity index is 1120. The molecule has 0 radical (unpaired) electrons. The first-order valence-corrected chi connectivity index (χ1v) is 11.3. The lowest BCUT2D eigenvalue weighted by atomic mass is 10.1. The molecule has 4 rings (SSSR count). The third-order valence-electron chi connectivity index (χ3n) is 6.07. The molecule has 1 aliphatic rings. The molecule has 3 aromatic rings. The van der Waals surface area contributed by atoms with Gasteiger partial charge in [-0.15, -0.1) is 0 Å². The number of benzene rings is 2. The second kappa shape index (κ2) is 10.9. The number of piperazine rings is 1. The smallest absolute Gasteiger partial charge is 0.313 e. The minimum absolute atomic E-state index is 0.126. The van der Waals surface area contributed by atoms with Crippen molar-refractivity contribution in [1.29, 1.82) is 0 Å². The number of para-hydroxylation sites is 1. The molecule has 176 valence electrons. The SMILES string of the molecule is Cc1ccccc1NC(=O)C(=O)NC[C@@H](c1cccnc1)N1CCN(c2ccc(F)cc2)CC1. The molecule has 0 saturated carbocycles. The third-order valence-corrected chi connectivity index (χ3v) is 6.07. The molecule has 1 saturated heterocycles. The monoisotopic (exact) mass is 461 g/mol. The lowest BCUT2D eigenvalue weighted by molar-refractivity contribution is -0.136. The number of aryl methyl sites for hydroxylation is 1. The van der Waals surface area contributed by atoms with Crippen molar-refractivity contribution in [3.63, 3.8) is 0 Å². The Labute approximate surface area is 198 Å². The van der Waals surface area contributed by atoms with E-state index in [9.17, 15) is 14.0 Å². The zero-order valence-electron chi connectivity index (χ0n) is 19.1. The van der Waals surface area contributed by atoms with E-state index in [0.29, 0.717) is 5.69 Å². The van der Waals surface area contributed by atoms with Crippen molar-refractivity contribution >= 4 is 23.2 Å². The molecule has 0 spiro atoms. The third kappa shape index (κ3) is 5.77. The van der Waals surface area contributed by atoms with Crippen LogP contribution in [0.2, 0.25) is 0 Å². The summed E-state index contributed by atoms with van der Waals surface area (Å²) in [6.45, 7) is 5.19. The number of anilines is 2. The predicted molar refractivity (Wildman–Crippen MR) is 130 cm³/mol. The molecule has 2 aromatic carbocycles. The molecule has 2 amide bonds. The maximum atomic E-state index is 13.3. The van der Waals surface area contributed by atoms with Gasteiger partial charge in [0, 0.05) is 56.5 Å². The lowest BCUT2D eigenvalue weighted by Gasteiger charge is -2.40. The summed E-state index contributed by atoms with van der Waals surface area (Å²) in [5.74, 6) is -1.62. The van der Waals surface area contributed by atoms with Crippen LogP contribution in [0.4, 0.5) is 15.8 Å². The van der Waals surface area contributed by atoms with Crippen LogP contribution in [0.5, 0.6) is 0 Å². The van der Waals surface area contributed by atoms with Crippen LogP contribution >= 0.6 is 0 Å². The summed E-state index contributed by atoms with van der Waals surface area (Å²) in [7, 11) is 0. The van der Waals surface area contributed by atoms with Gasteiger partial charge in [0.15, 0.2) is 0 Å². The van der Waals surface area contributed by atoms with Crippen molar-refractivity contribution in [3.8, 4) is 0 Å². The lowest BCUT2D eigenvalue weighted by Crippen LogP contribution is -2.50. The quantitative estimate of drug-likeness (QED) is 0.552. The molecule has 7 nitrogen and oxygen atoms in total. The Morgan fingerprint density at radius 2 is 1.71 bits per heavy atom. The van der Waals surface area contributed by atoms with Gasteiger partial charge in [0.2, 0.25) is 0 Å². The van der Waals surface area contributed by atoms with Crippen LogP contribution in [0.3, 0.4) is 0 Å². The first-order chi connectivity index (χ1) is 16.5. The molecule has 2 N–H and O–H groups in total. The van der Waals surface area contributed by atoms with E-state index in [2.05, 4.69) is 25.4 Å². The van der Waals surface area contributed by atoms with E-state index in [1.165, 1.54) is 12.1 Å². The number of amides is 2. The van der Waals surface area contributed by atoms with Crippen LogP contribution in [-0.4, -0.2) is 54.4 Å². The number of nitrogens with one attached hydrogen (secondary N) is 2. The molecule has 1 fully saturated rings. The fourth-order valence-corrected chi connectivity index (χ4v) is 4.14. The van der Waals surface area contributed by atoms with Gasteiger partial charge in [-0.3, -0.25) is 19.5 Å². The van der Waals surface area contributed by atoms with Crippen molar-refractivity contribution in [2.45, 2.75) is 13.0 Å². The van der Waals surface area contributed by atoms with Crippen molar-refractivity contribution in [2.75, 3.05) is 42.9 Å². The molecule has 2 heterocycles. The summed E-state index contributed by atoms with van der Waals surface area (Å²) in [5, 5.41) is 5.46. The number of nitrogens with zero attached hydrogens (tertiary/aromatic N) is 3. The molecule has 0 unspecified atom stereocenters. The van der Waals surface area contributed by atoms with Crippen LogP contribution in [-0.2, 0) is 9.59 Å². The van der Waals surface area contributed by atoms with Crippen LogP contribution in [0.15, 0.2) is 73.1 Å². The highest BCUT2D eigenvalue weighted by Crippen LogP contribution is 2.24.